The van der Waals surface area contributed by atoms with Gasteiger partial charge in [-0.2, -0.15) is 11.8 Å². The lowest BCUT2D eigenvalue weighted by molar-refractivity contribution is -0.147. The minimum Gasteiger partial charge on any atom is -0.484 e. The zero-order valence-corrected chi connectivity index (χ0v) is 16.5. The molecule has 27 heavy (non-hydrogen) atoms. The minimum atomic E-state index is -0.930. The van der Waals surface area contributed by atoms with Gasteiger partial charge >= 0.3 is 5.97 Å². The van der Waals surface area contributed by atoms with Crippen LogP contribution in [0.2, 0.25) is 0 Å². The molecule has 1 aliphatic rings. The third-order valence-corrected chi connectivity index (χ3v) is 5.30. The fraction of sp³-hybridized carbons (Fsp3) is 0.526. The molecule has 0 saturated carbocycles. The molecule has 148 valence electrons. The van der Waals surface area contributed by atoms with Crippen molar-refractivity contribution in [3.8, 4) is 5.75 Å². The molecule has 2 amide bonds. The monoisotopic (exact) mass is 394 g/mol. The van der Waals surface area contributed by atoms with Gasteiger partial charge in [0.15, 0.2) is 6.61 Å². The lowest BCUT2D eigenvalue weighted by Gasteiger charge is -2.25. The first-order chi connectivity index (χ1) is 12.9. The van der Waals surface area contributed by atoms with E-state index in [2.05, 4.69) is 5.32 Å². The predicted molar refractivity (Wildman–Crippen MR) is 104 cm³/mol. The molecule has 0 spiro atoms. The average Bonchev–Trinajstić information content (AvgIpc) is 3.07. The maximum Gasteiger partial charge on any atom is 0.311 e. The number of nitrogens with one attached hydrogen (secondary N) is 1. The molecular formula is C19H26N2O5S. The number of carboxylic acid groups (broad SMARTS) is 1. The Bertz CT molecular complexity index is 669. The van der Waals surface area contributed by atoms with E-state index < -0.39 is 17.4 Å². The number of hydrogen-bond acceptors (Lipinski definition) is 5. The summed E-state index contributed by atoms with van der Waals surface area (Å²) in [5.74, 6) is -0.226. The number of para-hydroxylation sites is 1. The summed E-state index contributed by atoms with van der Waals surface area (Å²) in [5, 5.41) is 12.1. The predicted octanol–water partition coefficient (Wildman–Crippen LogP) is 1.63. The molecule has 0 aliphatic carbocycles. The van der Waals surface area contributed by atoms with E-state index >= 15 is 0 Å². The van der Waals surface area contributed by atoms with E-state index in [9.17, 15) is 19.5 Å². The number of thioether (sulfide) groups is 1. The van der Waals surface area contributed by atoms with Crippen LogP contribution in [0.5, 0.6) is 5.75 Å². The van der Waals surface area contributed by atoms with Crippen molar-refractivity contribution in [2.75, 3.05) is 31.7 Å². The molecule has 1 aromatic carbocycles. The highest BCUT2D eigenvalue weighted by Crippen LogP contribution is 2.30. The number of carboxylic acids is 1. The first kappa shape index (κ1) is 21.1. The van der Waals surface area contributed by atoms with E-state index in [1.54, 1.807) is 30.8 Å². The second kappa shape index (κ2) is 9.64. The molecule has 2 rings (SSSR count). The zero-order chi connectivity index (χ0) is 19.9. The van der Waals surface area contributed by atoms with Gasteiger partial charge in [-0.25, -0.2) is 0 Å². The van der Waals surface area contributed by atoms with Crippen LogP contribution >= 0.6 is 11.8 Å². The zero-order valence-electron chi connectivity index (χ0n) is 15.6. The molecule has 2 unspecified atom stereocenters. The van der Waals surface area contributed by atoms with Gasteiger partial charge in [0.05, 0.1) is 5.41 Å². The van der Waals surface area contributed by atoms with Crippen LogP contribution in [0.25, 0.3) is 0 Å². The molecule has 1 fully saturated rings. The number of nitrogens with zero attached hydrogens (tertiary/aromatic N) is 1. The molecule has 1 aromatic rings. The van der Waals surface area contributed by atoms with Gasteiger partial charge in [0.2, 0.25) is 5.91 Å². The van der Waals surface area contributed by atoms with Crippen molar-refractivity contribution in [2.45, 2.75) is 25.8 Å². The molecule has 8 heteroatoms. The fourth-order valence-corrected chi connectivity index (χ4v) is 3.41. The first-order valence-electron chi connectivity index (χ1n) is 8.84. The number of likely N-dealkylation sites (tertiary alicyclic amines) is 1. The van der Waals surface area contributed by atoms with Crippen LogP contribution in [0.1, 0.15) is 19.8 Å². The van der Waals surface area contributed by atoms with E-state index in [1.165, 1.54) is 4.90 Å². The third kappa shape index (κ3) is 5.89. The summed E-state index contributed by atoms with van der Waals surface area (Å²) in [5.41, 5.74) is -0.930. The van der Waals surface area contributed by atoms with Crippen molar-refractivity contribution in [2.24, 2.45) is 5.41 Å². The fourth-order valence-electron chi connectivity index (χ4n) is 2.94. The largest absolute Gasteiger partial charge is 0.484 e. The maximum atomic E-state index is 12.8. The van der Waals surface area contributed by atoms with Crippen LogP contribution in [0.4, 0.5) is 0 Å². The molecule has 2 atom stereocenters. The molecule has 2 N–H and O–H groups in total. The molecule has 0 radical (unpaired) electrons. The van der Waals surface area contributed by atoms with Crippen LogP contribution in [0.15, 0.2) is 30.3 Å². The Balaban J connectivity index is 1.94. The van der Waals surface area contributed by atoms with Crippen molar-refractivity contribution >= 4 is 29.5 Å². The topological polar surface area (TPSA) is 95.9 Å². The average molecular weight is 394 g/mol. The Morgan fingerprint density at radius 2 is 2.04 bits per heavy atom. The molecule has 1 saturated heterocycles. The summed E-state index contributed by atoms with van der Waals surface area (Å²) in [6.45, 7) is 2.01. The number of carbonyl (C=O) groups excluding carboxylic acids is 2. The van der Waals surface area contributed by atoms with E-state index in [-0.39, 0.29) is 25.0 Å². The molecule has 7 nitrogen and oxygen atoms in total. The second-order valence-corrected chi connectivity index (χ2v) is 7.86. The van der Waals surface area contributed by atoms with Gasteiger partial charge in [-0.1, -0.05) is 18.2 Å². The second-order valence-electron chi connectivity index (χ2n) is 6.88. The van der Waals surface area contributed by atoms with Gasteiger partial charge < -0.3 is 20.1 Å². The Labute approximate surface area is 163 Å². The molecule has 1 aliphatic heterocycles. The highest BCUT2D eigenvalue weighted by molar-refractivity contribution is 7.98. The molecule has 0 aromatic heterocycles. The Hall–Kier alpha value is -2.22. The summed E-state index contributed by atoms with van der Waals surface area (Å²) in [4.78, 5) is 38.0. The SMILES string of the molecule is CSCCC(NC(=O)COc1ccccc1)C(=O)N1CCC(C)(C(=O)O)C1. The Kier molecular flexibility index (Phi) is 7.53. The number of ether oxygens (including phenoxy) is 1. The number of amides is 2. The Morgan fingerprint density at radius 3 is 2.63 bits per heavy atom. The van der Waals surface area contributed by atoms with Gasteiger partial charge in [0.25, 0.3) is 5.91 Å². The van der Waals surface area contributed by atoms with Crippen molar-refractivity contribution < 1.29 is 24.2 Å². The summed E-state index contributed by atoms with van der Waals surface area (Å²) in [6, 6.07) is 8.29. The lowest BCUT2D eigenvalue weighted by Crippen LogP contribution is -2.50. The van der Waals surface area contributed by atoms with Crippen LogP contribution in [-0.4, -0.2) is 65.5 Å². The Morgan fingerprint density at radius 1 is 1.33 bits per heavy atom. The van der Waals surface area contributed by atoms with Gasteiger partial charge in [-0.3, -0.25) is 14.4 Å². The third-order valence-electron chi connectivity index (χ3n) is 4.66. The number of rotatable bonds is 9. The van der Waals surface area contributed by atoms with Gasteiger partial charge in [0.1, 0.15) is 11.8 Å². The number of aliphatic carboxylic acids is 1. The minimum absolute atomic E-state index is 0.160. The normalized spacial score (nSPS) is 20.1. The number of benzene rings is 1. The lowest BCUT2D eigenvalue weighted by atomic mass is 9.90. The van der Waals surface area contributed by atoms with Gasteiger partial charge in [-0.05, 0) is 43.9 Å². The van der Waals surface area contributed by atoms with Crippen LogP contribution in [-0.2, 0) is 14.4 Å². The standard InChI is InChI=1S/C19H26N2O5S/c1-19(18(24)25)9-10-21(13-19)17(23)15(8-11-27-2)20-16(22)12-26-14-6-4-3-5-7-14/h3-7,15H,8-13H2,1-2H3,(H,20,22)(H,24,25). The van der Waals surface area contributed by atoms with Crippen LogP contribution in [0, 0.1) is 5.41 Å². The molecular weight excluding hydrogens is 368 g/mol. The van der Waals surface area contributed by atoms with E-state index in [0.29, 0.717) is 30.9 Å². The summed E-state index contributed by atoms with van der Waals surface area (Å²) in [6.07, 6.45) is 2.82. The van der Waals surface area contributed by atoms with Crippen LogP contribution < -0.4 is 10.1 Å². The number of carbonyl (C=O) groups is 3. The van der Waals surface area contributed by atoms with Crippen molar-refractivity contribution in [3.63, 3.8) is 0 Å². The molecule has 1 heterocycles. The summed E-state index contributed by atoms with van der Waals surface area (Å²) in [7, 11) is 0. The van der Waals surface area contributed by atoms with E-state index in [4.69, 9.17) is 4.74 Å². The smallest absolute Gasteiger partial charge is 0.311 e. The molecule has 0 bridgehead atoms. The quantitative estimate of drug-likeness (QED) is 0.661. The van der Waals surface area contributed by atoms with Crippen LogP contribution in [0.3, 0.4) is 0 Å². The van der Waals surface area contributed by atoms with E-state index in [0.717, 1.165) is 0 Å². The summed E-state index contributed by atoms with van der Waals surface area (Å²) < 4.78 is 5.42. The highest BCUT2D eigenvalue weighted by atomic mass is 32.2. The van der Waals surface area contributed by atoms with Gasteiger partial charge in [0, 0.05) is 13.1 Å². The van der Waals surface area contributed by atoms with Gasteiger partial charge in [-0.15, -0.1) is 0 Å². The van der Waals surface area contributed by atoms with Crippen molar-refractivity contribution in [1.29, 1.82) is 0 Å². The van der Waals surface area contributed by atoms with Crippen molar-refractivity contribution in [3.05, 3.63) is 30.3 Å². The van der Waals surface area contributed by atoms with Crippen molar-refractivity contribution in [1.82, 2.24) is 10.2 Å². The van der Waals surface area contributed by atoms with E-state index in [1.807, 2.05) is 24.5 Å². The first-order valence-corrected chi connectivity index (χ1v) is 10.2. The maximum absolute atomic E-state index is 12.8. The highest BCUT2D eigenvalue weighted by Gasteiger charge is 2.43. The summed E-state index contributed by atoms with van der Waals surface area (Å²) >= 11 is 1.58. The number of hydrogen-bond donors (Lipinski definition) is 2.